The van der Waals surface area contributed by atoms with Crippen molar-refractivity contribution in [2.45, 2.75) is 13.3 Å². The first-order valence-electron chi connectivity index (χ1n) is 7.00. The first-order chi connectivity index (χ1) is 11.0. The Hall–Kier alpha value is -2.61. The molecule has 1 amide bonds. The molecule has 124 valence electrons. The Balaban J connectivity index is 2.10. The van der Waals surface area contributed by atoms with Gasteiger partial charge in [0.2, 0.25) is 5.91 Å². The van der Waals surface area contributed by atoms with E-state index in [-0.39, 0.29) is 37.9 Å². The molecule has 0 fully saturated rings. The van der Waals surface area contributed by atoms with E-state index < -0.39 is 5.97 Å². The lowest BCUT2D eigenvalue weighted by Gasteiger charge is -2.19. The lowest BCUT2D eigenvalue weighted by molar-refractivity contribution is -0.144. The third-order valence-corrected chi connectivity index (χ3v) is 3.19. The van der Waals surface area contributed by atoms with E-state index in [1.165, 1.54) is 18.3 Å². The van der Waals surface area contributed by atoms with Crippen LogP contribution in [-0.4, -0.2) is 53.7 Å². The van der Waals surface area contributed by atoms with E-state index in [4.69, 9.17) is 18.7 Å². The molecule has 0 atom stereocenters. The number of nitrogens with zero attached hydrogens (tertiary/aromatic N) is 2. The average Bonchev–Trinajstić information content (AvgIpc) is 3.13. The maximum Gasteiger partial charge on any atom is 0.323 e. The maximum absolute atomic E-state index is 12.3. The van der Waals surface area contributed by atoms with Gasteiger partial charge in [0.1, 0.15) is 12.3 Å². The molecule has 23 heavy (non-hydrogen) atoms. The van der Waals surface area contributed by atoms with Gasteiger partial charge in [-0.3, -0.25) is 9.59 Å². The highest BCUT2D eigenvalue weighted by atomic mass is 16.5. The molecule has 0 aliphatic carbocycles. The van der Waals surface area contributed by atoms with E-state index in [9.17, 15) is 9.59 Å². The number of rotatable bonds is 8. The third kappa shape index (κ3) is 4.43. The van der Waals surface area contributed by atoms with Crippen molar-refractivity contribution < 1.29 is 28.3 Å². The third-order valence-electron chi connectivity index (χ3n) is 3.19. The zero-order valence-electron chi connectivity index (χ0n) is 12.9. The van der Waals surface area contributed by atoms with Crippen molar-refractivity contribution in [1.82, 2.24) is 9.88 Å². The van der Waals surface area contributed by atoms with Crippen molar-refractivity contribution in [2.75, 3.05) is 26.8 Å². The molecule has 0 saturated carbocycles. The molecule has 1 N–H and O–H groups in total. The Kier molecular flexibility index (Phi) is 5.53. The van der Waals surface area contributed by atoms with Crippen LogP contribution in [0.3, 0.4) is 0 Å². The zero-order chi connectivity index (χ0) is 16.8. The van der Waals surface area contributed by atoms with Gasteiger partial charge in [-0.2, -0.15) is 0 Å². The molecule has 8 nitrogen and oxygen atoms in total. The number of carbonyl (C=O) groups excluding carboxylic acids is 1. The minimum absolute atomic E-state index is 0.0486. The van der Waals surface area contributed by atoms with E-state index in [1.54, 1.807) is 19.1 Å². The van der Waals surface area contributed by atoms with Crippen LogP contribution in [0.5, 0.6) is 0 Å². The normalized spacial score (nSPS) is 10.7. The summed E-state index contributed by atoms with van der Waals surface area (Å²) in [6.45, 7) is 1.76. The summed E-state index contributed by atoms with van der Waals surface area (Å²) in [6, 6.07) is 3.41. The number of hydrogen-bond acceptors (Lipinski definition) is 6. The van der Waals surface area contributed by atoms with Crippen molar-refractivity contribution in [3.8, 4) is 11.7 Å². The molecule has 0 unspecified atom stereocenters. The second-order valence-corrected chi connectivity index (χ2v) is 4.88. The van der Waals surface area contributed by atoms with Crippen LogP contribution < -0.4 is 0 Å². The number of aliphatic carboxylic acids is 1. The number of amides is 1. The van der Waals surface area contributed by atoms with Gasteiger partial charge in [-0.05, 0) is 19.1 Å². The van der Waals surface area contributed by atoms with Gasteiger partial charge in [0.25, 0.3) is 5.89 Å². The molecule has 0 bridgehead atoms. The molecule has 0 saturated heterocycles. The van der Waals surface area contributed by atoms with Gasteiger partial charge >= 0.3 is 5.97 Å². The number of furan rings is 1. The molecule has 0 aliphatic rings. The molecular weight excluding hydrogens is 304 g/mol. The number of oxazole rings is 1. The maximum atomic E-state index is 12.3. The average molecular weight is 322 g/mol. The van der Waals surface area contributed by atoms with Crippen LogP contribution in [0, 0.1) is 6.92 Å². The van der Waals surface area contributed by atoms with Gasteiger partial charge in [-0.25, -0.2) is 4.98 Å². The molecule has 0 aliphatic heterocycles. The van der Waals surface area contributed by atoms with Gasteiger partial charge in [0, 0.05) is 13.7 Å². The molecule has 0 spiro atoms. The van der Waals surface area contributed by atoms with Crippen LogP contribution in [0.25, 0.3) is 11.7 Å². The summed E-state index contributed by atoms with van der Waals surface area (Å²) < 4.78 is 15.6. The quantitative estimate of drug-likeness (QED) is 0.781. The van der Waals surface area contributed by atoms with Crippen molar-refractivity contribution in [1.29, 1.82) is 0 Å². The Labute approximate surface area is 132 Å². The number of aryl methyl sites for hydroxylation is 1. The zero-order valence-corrected chi connectivity index (χ0v) is 12.9. The largest absolute Gasteiger partial charge is 0.480 e. The molecule has 0 radical (unpaired) electrons. The van der Waals surface area contributed by atoms with Crippen molar-refractivity contribution >= 4 is 11.9 Å². The first kappa shape index (κ1) is 16.8. The summed E-state index contributed by atoms with van der Waals surface area (Å²) in [6.07, 6.45) is 1.45. The number of carboxylic acids is 1. The minimum atomic E-state index is -1.08. The van der Waals surface area contributed by atoms with Crippen molar-refractivity contribution in [2.24, 2.45) is 0 Å². The number of hydrogen-bond donors (Lipinski definition) is 1. The van der Waals surface area contributed by atoms with Crippen LogP contribution in [0.15, 0.2) is 27.2 Å². The minimum Gasteiger partial charge on any atom is -0.480 e. The van der Waals surface area contributed by atoms with Crippen molar-refractivity contribution in [3.05, 3.63) is 29.9 Å². The van der Waals surface area contributed by atoms with Crippen LogP contribution in [0.1, 0.15) is 11.5 Å². The molecule has 8 heteroatoms. The number of carbonyl (C=O) groups is 2. The molecule has 2 heterocycles. The number of aromatic nitrogens is 1. The lowest BCUT2D eigenvalue weighted by atomic mass is 10.2. The monoisotopic (exact) mass is 322 g/mol. The summed E-state index contributed by atoms with van der Waals surface area (Å²) >= 11 is 0. The fourth-order valence-corrected chi connectivity index (χ4v) is 2.01. The highest BCUT2D eigenvalue weighted by molar-refractivity contribution is 5.82. The van der Waals surface area contributed by atoms with Gasteiger partial charge in [0.15, 0.2) is 5.76 Å². The summed E-state index contributed by atoms with van der Waals surface area (Å²) in [7, 11) is 1.49. The summed E-state index contributed by atoms with van der Waals surface area (Å²) in [5.74, 6) is -0.188. The fraction of sp³-hybridized carbons (Fsp3) is 0.400. The van der Waals surface area contributed by atoms with Gasteiger partial charge in [-0.1, -0.05) is 0 Å². The number of carboxylic acid groups (broad SMARTS) is 1. The van der Waals surface area contributed by atoms with Crippen LogP contribution in [0.4, 0.5) is 0 Å². The second-order valence-electron chi connectivity index (χ2n) is 4.88. The second kappa shape index (κ2) is 7.59. The number of methoxy groups -OCH3 is 1. The van der Waals surface area contributed by atoms with Crippen LogP contribution in [-0.2, 0) is 20.7 Å². The van der Waals surface area contributed by atoms with E-state index in [2.05, 4.69) is 4.98 Å². The molecule has 2 aromatic heterocycles. The Morgan fingerprint density at radius 1 is 1.43 bits per heavy atom. The van der Waals surface area contributed by atoms with Crippen LogP contribution >= 0.6 is 0 Å². The van der Waals surface area contributed by atoms with Gasteiger partial charge in [0.05, 0.1) is 25.0 Å². The SMILES string of the molecule is COCCN(CC(=O)O)C(=O)Cc1nc(-c2ccco2)oc1C. The van der Waals surface area contributed by atoms with E-state index in [0.29, 0.717) is 17.2 Å². The van der Waals surface area contributed by atoms with E-state index >= 15 is 0 Å². The predicted molar refractivity (Wildman–Crippen MR) is 78.7 cm³/mol. The standard InChI is InChI=1S/C15H18N2O6/c1-10-11(16-15(23-10)12-4-3-6-22-12)8-13(18)17(5-7-21-2)9-14(19)20/h3-4,6H,5,7-9H2,1-2H3,(H,19,20). The highest BCUT2D eigenvalue weighted by Crippen LogP contribution is 2.22. The van der Waals surface area contributed by atoms with Crippen LogP contribution in [0.2, 0.25) is 0 Å². The van der Waals surface area contributed by atoms with Gasteiger partial charge in [-0.15, -0.1) is 0 Å². The van der Waals surface area contributed by atoms with Crippen molar-refractivity contribution in [3.63, 3.8) is 0 Å². The van der Waals surface area contributed by atoms with Gasteiger partial charge < -0.3 is 23.6 Å². The molecular formula is C15H18N2O6. The molecule has 2 rings (SSSR count). The fourth-order valence-electron chi connectivity index (χ4n) is 2.01. The topological polar surface area (TPSA) is 106 Å². The Morgan fingerprint density at radius 3 is 2.83 bits per heavy atom. The molecule has 2 aromatic rings. The Morgan fingerprint density at radius 2 is 2.22 bits per heavy atom. The smallest absolute Gasteiger partial charge is 0.323 e. The molecule has 0 aromatic carbocycles. The number of ether oxygens (including phenoxy) is 1. The lowest BCUT2D eigenvalue weighted by Crippen LogP contribution is -2.39. The first-order valence-corrected chi connectivity index (χ1v) is 7.00. The Bertz CT molecular complexity index is 662. The summed E-state index contributed by atoms with van der Waals surface area (Å²) in [5, 5.41) is 8.90. The summed E-state index contributed by atoms with van der Waals surface area (Å²) in [4.78, 5) is 28.6. The van der Waals surface area contributed by atoms with E-state index in [0.717, 1.165) is 0 Å². The predicted octanol–water partition coefficient (Wildman–Crippen LogP) is 1.35. The van der Waals surface area contributed by atoms with E-state index in [1.807, 2.05) is 0 Å². The summed E-state index contributed by atoms with van der Waals surface area (Å²) in [5.41, 5.74) is 0.453. The highest BCUT2D eigenvalue weighted by Gasteiger charge is 2.21.